The normalized spacial score (nSPS) is 19.1. The van der Waals surface area contributed by atoms with Gasteiger partial charge in [0.1, 0.15) is 46.0 Å². The summed E-state index contributed by atoms with van der Waals surface area (Å²) >= 11 is 7.52. The summed E-state index contributed by atoms with van der Waals surface area (Å²) in [5, 5.41) is 43.2. The summed E-state index contributed by atoms with van der Waals surface area (Å²) in [6, 6.07) is 26.9. The second-order valence-electron chi connectivity index (χ2n) is 14.3. The van der Waals surface area contributed by atoms with E-state index in [1.54, 1.807) is 48.5 Å². The topological polar surface area (TPSA) is 186 Å². The largest absolute Gasteiger partial charge is 0.508 e. The minimum Gasteiger partial charge on any atom is -0.508 e. The molecule has 4 aliphatic rings. The van der Waals surface area contributed by atoms with Gasteiger partial charge in [-0.05, 0) is 48.5 Å². The van der Waals surface area contributed by atoms with Crippen molar-refractivity contribution < 1.29 is 58.6 Å². The van der Waals surface area contributed by atoms with Crippen LogP contribution in [0.3, 0.4) is 0 Å². The van der Waals surface area contributed by atoms with Crippen molar-refractivity contribution in [2.24, 2.45) is 0 Å². The highest BCUT2D eigenvalue weighted by molar-refractivity contribution is 14.2. The van der Waals surface area contributed by atoms with Crippen molar-refractivity contribution in [2.75, 3.05) is 0 Å². The van der Waals surface area contributed by atoms with Crippen LogP contribution in [0.5, 0.6) is 46.0 Å². The number of rotatable bonds is 5. The minimum atomic E-state index is -1.79. The Bertz CT molecular complexity index is 2800. The molecule has 16 heteroatoms. The molecule has 0 amide bonds. The number of halogens is 4. The number of Topliss-reactive ketones (excluding diaryl/α,β-unsaturated/α-hetero) is 2. The molecule has 298 valence electrons. The average Bonchev–Trinajstić information content (AvgIpc) is 3.66. The molecule has 0 aliphatic carbocycles. The molecule has 0 saturated heterocycles. The third-order valence-corrected chi connectivity index (χ3v) is 20.3. The number of esters is 2. The van der Waals surface area contributed by atoms with Crippen molar-refractivity contribution in [3.63, 3.8) is 0 Å². The van der Waals surface area contributed by atoms with Crippen LogP contribution in [0.25, 0.3) is 0 Å². The number of ether oxygens (including phenoxy) is 4. The highest BCUT2D eigenvalue weighted by Gasteiger charge is 2.62. The highest BCUT2D eigenvalue weighted by Crippen LogP contribution is 2.63. The van der Waals surface area contributed by atoms with Crippen LogP contribution in [-0.4, -0.2) is 46.8 Å². The zero-order valence-electron chi connectivity index (χ0n) is 30.0. The molecule has 0 fully saturated rings. The van der Waals surface area contributed by atoms with E-state index in [9.17, 15) is 30.0 Å². The van der Waals surface area contributed by atoms with Crippen LogP contribution in [0.1, 0.15) is 74.8 Å². The molecular weight excluding hydrogens is 1230 g/mol. The number of hydrogen-bond donors (Lipinski definition) is 4. The third-order valence-electron chi connectivity index (χ3n) is 11.0. The van der Waals surface area contributed by atoms with Gasteiger partial charge in [0.2, 0.25) is 0 Å². The SMILES string of the molecule is O=C1OC2(c3ccc(O)cc3Oc3cc(O)cc(C(=O)C(I)(I)C(I)(I)C(=O)c4cc(O)cc5c4C4(OC(=O)c6ccccc64)c4ccc(O)cc4O5)c32)c2ccccc21. The predicted octanol–water partition coefficient (Wildman–Crippen LogP) is 9.84. The third kappa shape index (κ3) is 5.28. The van der Waals surface area contributed by atoms with Gasteiger partial charge in [-0.2, -0.15) is 0 Å². The molecule has 10 rings (SSSR count). The number of phenols is 4. The predicted molar refractivity (Wildman–Crippen MR) is 246 cm³/mol. The first-order valence-corrected chi connectivity index (χ1v) is 22.1. The van der Waals surface area contributed by atoms with Gasteiger partial charge in [-0.3, -0.25) is 9.59 Å². The summed E-state index contributed by atoms with van der Waals surface area (Å²) in [4.78, 5) is 58.3. The summed E-state index contributed by atoms with van der Waals surface area (Å²) in [7, 11) is 0. The fraction of sp³-hybridized carbons (Fsp3) is 0.0909. The molecule has 4 heterocycles. The van der Waals surface area contributed by atoms with Crippen LogP contribution in [0.15, 0.2) is 109 Å². The lowest BCUT2D eigenvalue weighted by molar-refractivity contribution is 0.0210. The Labute approximate surface area is 393 Å². The summed E-state index contributed by atoms with van der Waals surface area (Å²) < 4.78 is 21.6. The van der Waals surface area contributed by atoms with Gasteiger partial charge in [-0.25, -0.2) is 9.59 Å². The maximum absolute atomic E-state index is 15.5. The first-order chi connectivity index (χ1) is 28.5. The van der Waals surface area contributed by atoms with Gasteiger partial charge in [0.15, 0.2) is 25.6 Å². The zero-order chi connectivity index (χ0) is 42.3. The number of phenolic OH excluding ortho intramolecular Hbond substituents is 4. The number of fused-ring (bicyclic) bond motifs is 12. The maximum atomic E-state index is 15.5. The zero-order valence-corrected chi connectivity index (χ0v) is 38.6. The average molecular weight is 1250 g/mol. The van der Waals surface area contributed by atoms with Crippen LogP contribution in [0.4, 0.5) is 0 Å². The fourth-order valence-electron chi connectivity index (χ4n) is 8.56. The van der Waals surface area contributed by atoms with Gasteiger partial charge in [-0.1, -0.05) is 127 Å². The summed E-state index contributed by atoms with van der Waals surface area (Å²) in [5.41, 5.74) is -1.80. The van der Waals surface area contributed by atoms with E-state index in [0.29, 0.717) is 22.3 Å². The summed E-state index contributed by atoms with van der Waals surface area (Å²) in [6.45, 7) is 0. The number of carbonyl (C=O) groups excluding carboxylic acids is 4. The number of aromatic hydroxyl groups is 4. The lowest BCUT2D eigenvalue weighted by Crippen LogP contribution is -2.49. The van der Waals surface area contributed by atoms with Crippen molar-refractivity contribution in [2.45, 2.75) is 14.1 Å². The highest BCUT2D eigenvalue weighted by atomic mass is 127. The molecule has 4 N–H and O–H groups in total. The summed E-state index contributed by atoms with van der Waals surface area (Å²) in [6.07, 6.45) is 0. The van der Waals surface area contributed by atoms with Crippen LogP contribution in [0.2, 0.25) is 0 Å². The quantitative estimate of drug-likeness (QED) is 0.0555. The molecule has 0 bridgehead atoms. The molecule has 2 unspecified atom stereocenters. The standard InChI is InChI=1S/C44H22I4O12/c45-43(46,37(53)25-13-21(51)17-33-35(25)41(29-11-9-19(49)15-31(29)57-33)27-7-3-1-5-23(27)39(55)59-41)44(47,48)38(54)26-14-22(52)18-34-36(26)42(30-12-10-20(50)16-32(30)58-34)28-8-4-2-6-24(28)40(56)60-42/h1-18,49-52H. The molecule has 2 atom stereocenters. The monoisotopic (exact) mass is 1250 g/mol. The Kier molecular flexibility index (Phi) is 8.82. The van der Waals surface area contributed by atoms with Gasteiger partial charge in [0.25, 0.3) is 0 Å². The molecule has 60 heavy (non-hydrogen) atoms. The Hall–Kier alpha value is -4.68. The Balaban J connectivity index is 1.16. The second kappa shape index (κ2) is 13.4. The van der Waals surface area contributed by atoms with Crippen molar-refractivity contribution in [3.05, 3.63) is 165 Å². The molecule has 0 saturated carbocycles. The van der Waals surface area contributed by atoms with Crippen molar-refractivity contribution in [1.82, 2.24) is 0 Å². The van der Waals surface area contributed by atoms with Gasteiger partial charge >= 0.3 is 11.9 Å². The van der Waals surface area contributed by atoms with E-state index in [1.165, 1.54) is 60.7 Å². The summed E-state index contributed by atoms with van der Waals surface area (Å²) in [5.74, 6) is -3.57. The fourth-order valence-corrected chi connectivity index (χ4v) is 10.7. The first kappa shape index (κ1) is 39.5. The van der Waals surface area contributed by atoms with Crippen molar-refractivity contribution in [3.8, 4) is 46.0 Å². The number of ketones is 2. The molecule has 12 nitrogen and oxygen atoms in total. The van der Waals surface area contributed by atoms with Gasteiger partial charge in [0.05, 0.1) is 22.3 Å². The number of benzene rings is 6. The van der Waals surface area contributed by atoms with Crippen LogP contribution >= 0.6 is 90.4 Å². The molecule has 0 radical (unpaired) electrons. The van der Waals surface area contributed by atoms with E-state index >= 15 is 9.59 Å². The Morgan fingerprint density at radius 3 is 1.23 bits per heavy atom. The molecule has 4 aliphatic heterocycles. The second-order valence-corrected chi connectivity index (χ2v) is 24.9. The molecule has 6 aromatic carbocycles. The van der Waals surface area contributed by atoms with E-state index in [1.807, 2.05) is 90.4 Å². The van der Waals surface area contributed by atoms with E-state index in [0.717, 1.165) is 0 Å². The van der Waals surface area contributed by atoms with Crippen molar-refractivity contribution in [1.29, 1.82) is 0 Å². The molecular formula is C44H22I4O12. The number of alkyl halides is 4. The van der Waals surface area contributed by atoms with E-state index in [2.05, 4.69) is 0 Å². The molecule has 2 spiro atoms. The van der Waals surface area contributed by atoms with Crippen LogP contribution in [0, 0.1) is 0 Å². The van der Waals surface area contributed by atoms with Gasteiger partial charge < -0.3 is 39.4 Å². The van der Waals surface area contributed by atoms with E-state index < -0.39 is 37.6 Å². The van der Waals surface area contributed by atoms with Crippen LogP contribution in [-0.2, 0) is 20.7 Å². The number of carbonyl (C=O) groups is 4. The van der Waals surface area contributed by atoms with E-state index in [4.69, 9.17) is 18.9 Å². The maximum Gasteiger partial charge on any atom is 0.340 e. The lowest BCUT2D eigenvalue weighted by Gasteiger charge is -2.40. The minimum absolute atomic E-state index is 0.0315. The van der Waals surface area contributed by atoms with Crippen LogP contribution < -0.4 is 9.47 Å². The van der Waals surface area contributed by atoms with Gasteiger partial charge in [-0.15, -0.1) is 0 Å². The first-order valence-electron chi connectivity index (χ1n) is 17.8. The smallest absolute Gasteiger partial charge is 0.340 e. The van der Waals surface area contributed by atoms with Gasteiger partial charge in [0, 0.05) is 57.6 Å². The van der Waals surface area contributed by atoms with Crippen molar-refractivity contribution >= 4 is 114 Å². The molecule has 0 aromatic heterocycles. The Morgan fingerprint density at radius 2 is 0.833 bits per heavy atom. The Morgan fingerprint density at radius 1 is 0.467 bits per heavy atom. The lowest BCUT2D eigenvalue weighted by atomic mass is 9.74. The number of hydrogen-bond acceptors (Lipinski definition) is 12. The van der Waals surface area contributed by atoms with E-state index in [-0.39, 0.29) is 79.4 Å². The molecule has 6 aromatic rings.